The number of nitrogens with one attached hydrogen (secondary N) is 1. The Labute approximate surface area is 85.8 Å². The van der Waals surface area contributed by atoms with E-state index in [2.05, 4.69) is 26.1 Å². The second-order valence-electron chi connectivity index (χ2n) is 2.48. The molecule has 4 nitrogen and oxygen atoms in total. The molecule has 0 aliphatic heterocycles. The fourth-order valence-electron chi connectivity index (χ4n) is 0.948. The standard InChI is InChI=1S/C6H6BrF3N4/c1-2-3(6(8,9)10)5(12-11)14-13-4(2)7/h11H2,1H3,(H,12,14). The molecule has 8 heteroatoms. The predicted octanol–water partition coefficient (Wildman–Crippen LogP) is 1.85. The van der Waals surface area contributed by atoms with Crippen molar-refractivity contribution in [2.45, 2.75) is 13.1 Å². The minimum Gasteiger partial charge on any atom is -0.306 e. The van der Waals surface area contributed by atoms with Gasteiger partial charge in [-0.2, -0.15) is 13.2 Å². The lowest BCUT2D eigenvalue weighted by molar-refractivity contribution is -0.137. The van der Waals surface area contributed by atoms with E-state index in [4.69, 9.17) is 5.84 Å². The lowest BCUT2D eigenvalue weighted by Gasteiger charge is -2.13. The fourth-order valence-corrected chi connectivity index (χ4v) is 1.23. The Kier molecular flexibility index (Phi) is 2.95. The number of hydrogen-bond donors (Lipinski definition) is 2. The molecule has 0 spiro atoms. The summed E-state index contributed by atoms with van der Waals surface area (Å²) in [6.45, 7) is 1.28. The van der Waals surface area contributed by atoms with Gasteiger partial charge in [0, 0.05) is 0 Å². The lowest BCUT2D eigenvalue weighted by atomic mass is 10.1. The van der Waals surface area contributed by atoms with E-state index in [1.807, 2.05) is 5.43 Å². The third kappa shape index (κ3) is 1.95. The van der Waals surface area contributed by atoms with Gasteiger partial charge < -0.3 is 5.43 Å². The first kappa shape index (κ1) is 11.2. The topological polar surface area (TPSA) is 63.8 Å². The van der Waals surface area contributed by atoms with E-state index in [1.54, 1.807) is 0 Å². The molecule has 0 bridgehead atoms. The second kappa shape index (κ2) is 3.70. The average Bonchev–Trinajstić information content (AvgIpc) is 2.07. The zero-order chi connectivity index (χ0) is 10.9. The number of hydrazine groups is 1. The molecule has 0 radical (unpaired) electrons. The quantitative estimate of drug-likeness (QED) is 0.604. The number of nitrogen functional groups attached to an aromatic ring is 1. The van der Waals surface area contributed by atoms with Crippen LogP contribution >= 0.6 is 15.9 Å². The van der Waals surface area contributed by atoms with Crippen LogP contribution in [0, 0.1) is 6.92 Å². The van der Waals surface area contributed by atoms with E-state index in [0.29, 0.717) is 0 Å². The third-order valence-electron chi connectivity index (χ3n) is 1.58. The molecular weight excluding hydrogens is 265 g/mol. The monoisotopic (exact) mass is 270 g/mol. The van der Waals surface area contributed by atoms with Gasteiger partial charge in [-0.05, 0) is 28.4 Å². The first-order chi connectivity index (χ1) is 6.38. The zero-order valence-electron chi connectivity index (χ0n) is 6.98. The Morgan fingerprint density at radius 3 is 2.36 bits per heavy atom. The van der Waals surface area contributed by atoms with E-state index < -0.39 is 17.6 Å². The van der Waals surface area contributed by atoms with Crippen LogP contribution in [0.2, 0.25) is 0 Å². The fraction of sp³-hybridized carbons (Fsp3) is 0.333. The molecule has 3 N–H and O–H groups in total. The van der Waals surface area contributed by atoms with Crippen LogP contribution < -0.4 is 11.3 Å². The van der Waals surface area contributed by atoms with Gasteiger partial charge in [0.1, 0.15) is 10.2 Å². The molecule has 0 saturated heterocycles. The highest BCUT2D eigenvalue weighted by molar-refractivity contribution is 9.10. The van der Waals surface area contributed by atoms with Gasteiger partial charge in [-0.3, -0.25) is 0 Å². The van der Waals surface area contributed by atoms with Crippen LogP contribution in [0.1, 0.15) is 11.1 Å². The van der Waals surface area contributed by atoms with Crippen molar-refractivity contribution in [1.29, 1.82) is 0 Å². The van der Waals surface area contributed by atoms with E-state index in [9.17, 15) is 13.2 Å². The molecule has 0 aromatic carbocycles. The molecule has 0 aliphatic carbocycles. The van der Waals surface area contributed by atoms with Gasteiger partial charge in [0.2, 0.25) is 0 Å². The Balaban J connectivity index is 3.44. The number of nitrogens with two attached hydrogens (primary N) is 1. The summed E-state index contributed by atoms with van der Waals surface area (Å²) in [4.78, 5) is 0. The molecule has 78 valence electrons. The number of alkyl halides is 3. The van der Waals surface area contributed by atoms with Gasteiger partial charge >= 0.3 is 6.18 Å². The number of nitrogens with zero attached hydrogens (tertiary/aromatic N) is 2. The van der Waals surface area contributed by atoms with Crippen LogP contribution in [0.5, 0.6) is 0 Å². The van der Waals surface area contributed by atoms with Gasteiger partial charge in [-0.15, -0.1) is 10.2 Å². The van der Waals surface area contributed by atoms with Crippen LogP contribution in [-0.4, -0.2) is 10.2 Å². The van der Waals surface area contributed by atoms with Crippen molar-refractivity contribution in [1.82, 2.24) is 10.2 Å². The van der Waals surface area contributed by atoms with Gasteiger partial charge in [-0.1, -0.05) is 0 Å². The van der Waals surface area contributed by atoms with Crippen LogP contribution in [0.15, 0.2) is 4.60 Å². The van der Waals surface area contributed by atoms with Crippen LogP contribution in [-0.2, 0) is 6.18 Å². The summed E-state index contributed by atoms with van der Waals surface area (Å²) in [5.41, 5.74) is 0.886. The van der Waals surface area contributed by atoms with Crippen LogP contribution in [0.4, 0.5) is 19.0 Å². The van der Waals surface area contributed by atoms with Crippen molar-refractivity contribution >= 4 is 21.7 Å². The minimum absolute atomic E-state index is 0.0452. The van der Waals surface area contributed by atoms with Crippen molar-refractivity contribution in [2.24, 2.45) is 5.84 Å². The summed E-state index contributed by atoms with van der Waals surface area (Å²) in [6.07, 6.45) is -4.51. The number of halogens is 4. The zero-order valence-corrected chi connectivity index (χ0v) is 8.57. The molecule has 0 unspecified atom stereocenters. The van der Waals surface area contributed by atoms with Gasteiger partial charge in [0.25, 0.3) is 0 Å². The average molecular weight is 271 g/mol. The summed E-state index contributed by atoms with van der Waals surface area (Å²) in [6, 6.07) is 0. The molecule has 1 rings (SSSR count). The maximum Gasteiger partial charge on any atom is 0.420 e. The smallest absolute Gasteiger partial charge is 0.306 e. The van der Waals surface area contributed by atoms with Gasteiger partial charge in [0.05, 0.1) is 0 Å². The lowest BCUT2D eigenvalue weighted by Crippen LogP contribution is -2.19. The highest BCUT2D eigenvalue weighted by Crippen LogP contribution is 2.37. The van der Waals surface area contributed by atoms with Crippen molar-refractivity contribution in [2.75, 3.05) is 5.43 Å². The molecule has 1 aromatic heterocycles. The number of aromatic nitrogens is 2. The SMILES string of the molecule is Cc1c(Br)nnc(NN)c1C(F)(F)F. The summed E-state index contributed by atoms with van der Waals surface area (Å²) < 4.78 is 37.5. The molecule has 0 atom stereocenters. The summed E-state index contributed by atoms with van der Waals surface area (Å²) in [5.74, 6) is 4.41. The molecule has 1 heterocycles. The Hall–Kier alpha value is -0.890. The second-order valence-corrected chi connectivity index (χ2v) is 3.23. The Bertz CT molecular complexity index is 352. The van der Waals surface area contributed by atoms with Crippen molar-refractivity contribution in [3.05, 3.63) is 15.7 Å². The van der Waals surface area contributed by atoms with Gasteiger partial charge in [0.15, 0.2) is 5.82 Å². The Morgan fingerprint density at radius 1 is 1.36 bits per heavy atom. The van der Waals surface area contributed by atoms with E-state index >= 15 is 0 Å². The number of rotatable bonds is 1. The minimum atomic E-state index is -4.51. The molecule has 0 saturated carbocycles. The summed E-state index contributed by atoms with van der Waals surface area (Å²) >= 11 is 2.86. The van der Waals surface area contributed by atoms with E-state index in [1.165, 1.54) is 6.92 Å². The van der Waals surface area contributed by atoms with Crippen LogP contribution in [0.25, 0.3) is 0 Å². The normalized spacial score (nSPS) is 11.6. The van der Waals surface area contributed by atoms with Crippen LogP contribution in [0.3, 0.4) is 0 Å². The van der Waals surface area contributed by atoms with Gasteiger partial charge in [-0.25, -0.2) is 5.84 Å². The highest BCUT2D eigenvalue weighted by Gasteiger charge is 2.37. The molecule has 0 aliphatic rings. The molecule has 14 heavy (non-hydrogen) atoms. The molecule has 0 fully saturated rings. The molecular formula is C6H6BrF3N4. The number of hydrogen-bond acceptors (Lipinski definition) is 4. The van der Waals surface area contributed by atoms with Crippen molar-refractivity contribution < 1.29 is 13.2 Å². The maximum atomic E-state index is 12.5. The summed E-state index contributed by atoms with van der Waals surface area (Å²) in [7, 11) is 0. The first-order valence-corrected chi connectivity index (χ1v) is 4.23. The third-order valence-corrected chi connectivity index (χ3v) is 2.33. The van der Waals surface area contributed by atoms with Crippen molar-refractivity contribution in [3.63, 3.8) is 0 Å². The van der Waals surface area contributed by atoms with E-state index in [0.717, 1.165) is 0 Å². The number of anilines is 1. The van der Waals surface area contributed by atoms with E-state index in [-0.39, 0.29) is 10.2 Å². The molecule has 0 amide bonds. The largest absolute Gasteiger partial charge is 0.420 e. The highest BCUT2D eigenvalue weighted by atomic mass is 79.9. The molecule has 1 aromatic rings. The first-order valence-electron chi connectivity index (χ1n) is 3.44. The maximum absolute atomic E-state index is 12.5. The van der Waals surface area contributed by atoms with Crippen molar-refractivity contribution in [3.8, 4) is 0 Å². The summed E-state index contributed by atoms with van der Waals surface area (Å²) in [5, 5.41) is 6.72. The Morgan fingerprint density at radius 2 is 1.93 bits per heavy atom. The predicted molar refractivity (Wildman–Crippen MR) is 47.3 cm³/mol.